The highest BCUT2D eigenvalue weighted by atomic mass is 16.5. The highest BCUT2D eigenvalue weighted by Gasteiger charge is 2.51. The van der Waals surface area contributed by atoms with Gasteiger partial charge in [0.1, 0.15) is 5.75 Å². The van der Waals surface area contributed by atoms with Crippen LogP contribution in [0.1, 0.15) is 68.6 Å². The lowest BCUT2D eigenvalue weighted by atomic mass is 9.53. The molecule has 0 spiro atoms. The van der Waals surface area contributed by atoms with E-state index >= 15 is 0 Å². The van der Waals surface area contributed by atoms with E-state index in [1.54, 1.807) is 24.3 Å². The van der Waals surface area contributed by atoms with Gasteiger partial charge in [0, 0.05) is 17.5 Å². The predicted molar refractivity (Wildman–Crippen MR) is 111 cm³/mol. The topological polar surface area (TPSA) is 81.7 Å². The van der Waals surface area contributed by atoms with Crippen molar-refractivity contribution < 1.29 is 23.9 Å². The molecule has 1 aromatic rings. The summed E-state index contributed by atoms with van der Waals surface area (Å²) < 4.78 is 10.5. The average molecular weight is 414 g/mol. The molecule has 30 heavy (non-hydrogen) atoms. The number of Topliss-reactive ketones (excluding diaryl/α,β-unsaturated/α-hetero) is 1. The van der Waals surface area contributed by atoms with E-state index in [2.05, 4.69) is 5.32 Å². The Kier molecular flexibility index (Phi) is 6.11. The zero-order valence-electron chi connectivity index (χ0n) is 17.7. The van der Waals surface area contributed by atoms with Crippen molar-refractivity contribution in [2.75, 3.05) is 13.2 Å². The van der Waals surface area contributed by atoms with Crippen LogP contribution in [0.4, 0.5) is 0 Å². The van der Waals surface area contributed by atoms with Gasteiger partial charge in [-0.3, -0.25) is 14.4 Å². The van der Waals surface area contributed by atoms with E-state index in [-0.39, 0.29) is 36.7 Å². The molecule has 6 nitrogen and oxygen atoms in total. The Bertz CT molecular complexity index is 765. The third-order valence-corrected chi connectivity index (χ3v) is 6.85. The molecule has 0 aromatic heterocycles. The fourth-order valence-electron chi connectivity index (χ4n) is 6.08. The summed E-state index contributed by atoms with van der Waals surface area (Å²) >= 11 is 0. The summed E-state index contributed by atoms with van der Waals surface area (Å²) in [4.78, 5) is 36.7. The zero-order valence-corrected chi connectivity index (χ0v) is 17.7. The van der Waals surface area contributed by atoms with Gasteiger partial charge in [0.05, 0.1) is 13.0 Å². The number of esters is 1. The van der Waals surface area contributed by atoms with E-state index in [9.17, 15) is 14.4 Å². The molecule has 4 aliphatic rings. The molecule has 0 saturated heterocycles. The molecule has 162 valence electrons. The summed E-state index contributed by atoms with van der Waals surface area (Å²) in [5.41, 5.74) is 0.452. The van der Waals surface area contributed by atoms with E-state index in [1.807, 2.05) is 6.92 Å². The zero-order chi connectivity index (χ0) is 21.1. The van der Waals surface area contributed by atoms with Gasteiger partial charge in [0.2, 0.25) is 0 Å². The van der Waals surface area contributed by atoms with Gasteiger partial charge in [-0.2, -0.15) is 0 Å². The van der Waals surface area contributed by atoms with Crippen LogP contribution >= 0.6 is 0 Å². The maximum absolute atomic E-state index is 12.4. The van der Waals surface area contributed by atoms with Crippen LogP contribution in [0.5, 0.6) is 5.75 Å². The summed E-state index contributed by atoms with van der Waals surface area (Å²) in [5.74, 6) is 2.07. The molecule has 6 heteroatoms. The van der Waals surface area contributed by atoms with Gasteiger partial charge in [-0.25, -0.2) is 0 Å². The number of rotatable bonds is 9. The molecule has 0 atom stereocenters. The lowest BCUT2D eigenvalue weighted by molar-refractivity contribution is -0.150. The lowest BCUT2D eigenvalue weighted by Gasteiger charge is -2.56. The van der Waals surface area contributed by atoms with Crippen LogP contribution in [0, 0.1) is 17.8 Å². The number of ketones is 1. The second-order valence-electron chi connectivity index (χ2n) is 9.29. The Balaban J connectivity index is 1.18. The first-order valence-corrected chi connectivity index (χ1v) is 11.2. The van der Waals surface area contributed by atoms with Crippen LogP contribution in [0.2, 0.25) is 0 Å². The van der Waals surface area contributed by atoms with E-state index in [0.29, 0.717) is 17.9 Å². The SMILES string of the molecule is CCOc1ccc(C(=O)CCC(=O)OCC(=O)NC23CC4CC(CC(C4)C2)C3)cc1. The van der Waals surface area contributed by atoms with Crippen molar-refractivity contribution >= 4 is 17.7 Å². The Hall–Kier alpha value is -2.37. The number of hydrogen-bond donors (Lipinski definition) is 1. The quantitative estimate of drug-likeness (QED) is 0.493. The van der Waals surface area contributed by atoms with Crippen molar-refractivity contribution in [3.05, 3.63) is 29.8 Å². The smallest absolute Gasteiger partial charge is 0.306 e. The number of amides is 1. The summed E-state index contributed by atoms with van der Waals surface area (Å²) in [6.45, 7) is 2.20. The fourth-order valence-corrected chi connectivity index (χ4v) is 6.08. The molecule has 4 bridgehead atoms. The largest absolute Gasteiger partial charge is 0.494 e. The first kappa shape index (κ1) is 20.9. The molecule has 4 aliphatic carbocycles. The maximum atomic E-state index is 12.4. The predicted octanol–water partition coefficient (Wildman–Crippen LogP) is 3.68. The summed E-state index contributed by atoms with van der Waals surface area (Å²) in [7, 11) is 0. The van der Waals surface area contributed by atoms with Crippen LogP contribution in [0.3, 0.4) is 0 Å². The Morgan fingerprint density at radius 1 is 0.967 bits per heavy atom. The monoisotopic (exact) mass is 413 g/mol. The molecular weight excluding hydrogens is 382 g/mol. The Morgan fingerprint density at radius 3 is 2.13 bits per heavy atom. The van der Waals surface area contributed by atoms with E-state index in [1.165, 1.54) is 19.3 Å². The molecule has 1 aromatic carbocycles. The molecule has 1 amide bonds. The average Bonchev–Trinajstić information content (AvgIpc) is 2.70. The highest BCUT2D eigenvalue weighted by Crippen LogP contribution is 2.55. The molecule has 0 aliphatic heterocycles. The third-order valence-electron chi connectivity index (χ3n) is 6.85. The number of carbonyl (C=O) groups is 3. The fraction of sp³-hybridized carbons (Fsp3) is 0.625. The molecule has 0 radical (unpaired) electrons. The first-order chi connectivity index (χ1) is 14.4. The normalized spacial score (nSPS) is 28.8. The van der Waals surface area contributed by atoms with Crippen LogP contribution in [0.15, 0.2) is 24.3 Å². The van der Waals surface area contributed by atoms with Crippen LogP contribution in [0.25, 0.3) is 0 Å². The molecular formula is C24H31NO5. The molecule has 0 heterocycles. The van der Waals surface area contributed by atoms with E-state index in [0.717, 1.165) is 37.0 Å². The molecule has 0 unspecified atom stereocenters. The second kappa shape index (κ2) is 8.78. The number of hydrogen-bond acceptors (Lipinski definition) is 5. The van der Waals surface area contributed by atoms with Gasteiger partial charge >= 0.3 is 5.97 Å². The number of benzene rings is 1. The first-order valence-electron chi connectivity index (χ1n) is 11.2. The van der Waals surface area contributed by atoms with Gasteiger partial charge < -0.3 is 14.8 Å². The summed E-state index contributed by atoms with van der Waals surface area (Å²) in [5, 5.41) is 3.19. The van der Waals surface area contributed by atoms with Crippen molar-refractivity contribution in [2.45, 2.75) is 63.8 Å². The molecule has 4 saturated carbocycles. The van der Waals surface area contributed by atoms with Gasteiger partial charge in [0.15, 0.2) is 12.4 Å². The standard InChI is InChI=1S/C24H31NO5/c1-2-29-20-5-3-19(4-6-20)21(26)7-8-23(28)30-15-22(27)25-24-12-16-9-17(13-24)11-18(10-16)14-24/h3-6,16-18H,2,7-15H2,1H3,(H,25,27). The minimum atomic E-state index is -0.519. The maximum Gasteiger partial charge on any atom is 0.306 e. The van der Waals surface area contributed by atoms with Crippen molar-refractivity contribution in [2.24, 2.45) is 17.8 Å². The number of ether oxygens (including phenoxy) is 2. The Labute approximate surface area is 177 Å². The molecule has 1 N–H and O–H groups in total. The second-order valence-corrected chi connectivity index (χ2v) is 9.29. The Morgan fingerprint density at radius 2 is 1.57 bits per heavy atom. The summed E-state index contributed by atoms with van der Waals surface area (Å²) in [6.07, 6.45) is 7.16. The minimum absolute atomic E-state index is 0.0311. The van der Waals surface area contributed by atoms with Crippen molar-refractivity contribution in [3.63, 3.8) is 0 Å². The van der Waals surface area contributed by atoms with E-state index < -0.39 is 5.97 Å². The lowest BCUT2D eigenvalue weighted by Crippen LogP contribution is -2.60. The van der Waals surface area contributed by atoms with Gasteiger partial charge in [-0.1, -0.05) is 0 Å². The van der Waals surface area contributed by atoms with Crippen molar-refractivity contribution in [3.8, 4) is 5.75 Å². The van der Waals surface area contributed by atoms with Gasteiger partial charge in [0.25, 0.3) is 5.91 Å². The van der Waals surface area contributed by atoms with Gasteiger partial charge in [-0.15, -0.1) is 0 Å². The summed E-state index contributed by atoms with van der Waals surface area (Å²) in [6, 6.07) is 6.86. The van der Waals surface area contributed by atoms with Crippen molar-refractivity contribution in [1.29, 1.82) is 0 Å². The van der Waals surface area contributed by atoms with Crippen LogP contribution in [-0.4, -0.2) is 36.4 Å². The number of carbonyl (C=O) groups excluding carboxylic acids is 3. The molecule has 4 fully saturated rings. The minimum Gasteiger partial charge on any atom is -0.494 e. The third kappa shape index (κ3) is 4.85. The number of nitrogens with one attached hydrogen (secondary N) is 1. The van der Waals surface area contributed by atoms with Crippen LogP contribution < -0.4 is 10.1 Å². The highest BCUT2D eigenvalue weighted by molar-refractivity contribution is 5.97. The van der Waals surface area contributed by atoms with Gasteiger partial charge in [-0.05, 0) is 87.5 Å². The van der Waals surface area contributed by atoms with Crippen molar-refractivity contribution in [1.82, 2.24) is 5.32 Å². The van der Waals surface area contributed by atoms with E-state index in [4.69, 9.17) is 9.47 Å². The van der Waals surface area contributed by atoms with Crippen LogP contribution in [-0.2, 0) is 14.3 Å². The molecule has 5 rings (SSSR count).